The van der Waals surface area contributed by atoms with Crippen LogP contribution in [0.15, 0.2) is 67.0 Å². The van der Waals surface area contributed by atoms with Crippen LogP contribution < -0.4 is 10.6 Å². The first-order chi connectivity index (χ1) is 29.8. The largest absolute Gasteiger partial charge is 0.453 e. The molecular formula is C45H54N10O7. The molecule has 4 unspecified atom stereocenters. The quantitative estimate of drug-likeness (QED) is 0.125. The van der Waals surface area contributed by atoms with Gasteiger partial charge in [0, 0.05) is 49.6 Å². The standard InChI is InChI=1S/C45H54N10O7/c1-25(2)38(51-44(59)61-6)42(57)54-18-8-9-36(54)40-46-23-35(50-40)31-15-17-33-30(21-31)14-16-32(48-33)28-10-12-29(13-11-28)34-22-47-41(49-34)37-24-53(27(5)56)19-20-55(37)43(58)39(26(3)4)52-45(60)62-7/h10-17,21-23,25-26,36-39H,8-9,18-20,24H2,1-7H3,(H,46,50)(H,47,49)(H,51,59)(H,52,60). The van der Waals surface area contributed by atoms with E-state index in [-0.39, 0.29) is 48.7 Å². The fourth-order valence-corrected chi connectivity index (χ4v) is 8.22. The second kappa shape index (κ2) is 18.5. The van der Waals surface area contributed by atoms with Crippen LogP contribution in [0, 0.1) is 11.8 Å². The zero-order chi connectivity index (χ0) is 44.2. The molecule has 2 aliphatic heterocycles. The number of hydrogen-bond acceptors (Lipinski definition) is 10. The number of H-pyrrole nitrogens is 2. The molecule has 3 aromatic heterocycles. The van der Waals surface area contributed by atoms with Gasteiger partial charge < -0.3 is 44.8 Å². The Morgan fingerprint density at radius 3 is 1.82 bits per heavy atom. The van der Waals surface area contributed by atoms with Crippen LogP contribution in [0.1, 0.15) is 71.2 Å². The zero-order valence-electron chi connectivity index (χ0n) is 36.1. The minimum atomic E-state index is -0.817. The fourth-order valence-electron chi connectivity index (χ4n) is 8.22. The second-order valence-corrected chi connectivity index (χ2v) is 16.5. The molecule has 0 spiro atoms. The van der Waals surface area contributed by atoms with E-state index in [2.05, 4.69) is 36.6 Å². The highest BCUT2D eigenvalue weighted by atomic mass is 16.5. The van der Waals surface area contributed by atoms with Gasteiger partial charge in [-0.2, -0.15) is 0 Å². The summed E-state index contributed by atoms with van der Waals surface area (Å²) < 4.78 is 9.54. The summed E-state index contributed by atoms with van der Waals surface area (Å²) in [4.78, 5) is 90.3. The first-order valence-corrected chi connectivity index (χ1v) is 20.9. The molecule has 17 heteroatoms. The van der Waals surface area contributed by atoms with Crippen LogP contribution in [-0.2, 0) is 23.9 Å². The average Bonchev–Trinajstić information content (AvgIpc) is 4.08. The molecule has 2 fully saturated rings. The Morgan fingerprint density at radius 1 is 0.694 bits per heavy atom. The number of hydrogen-bond donors (Lipinski definition) is 4. The third kappa shape index (κ3) is 9.11. The molecule has 7 rings (SSSR count). The Hall–Kier alpha value is -6.78. The van der Waals surface area contributed by atoms with Crippen molar-refractivity contribution in [1.29, 1.82) is 0 Å². The Balaban J connectivity index is 1.05. The normalized spacial score (nSPS) is 17.6. The summed E-state index contributed by atoms with van der Waals surface area (Å²) in [6, 6.07) is 15.7. The highest BCUT2D eigenvalue weighted by molar-refractivity contribution is 5.88. The van der Waals surface area contributed by atoms with Crippen LogP contribution in [0.5, 0.6) is 0 Å². The summed E-state index contributed by atoms with van der Waals surface area (Å²) in [7, 11) is 2.54. The average molecular weight is 847 g/mol. The van der Waals surface area contributed by atoms with Gasteiger partial charge in [-0.1, -0.05) is 64.1 Å². The van der Waals surface area contributed by atoms with Crippen molar-refractivity contribution in [3.63, 3.8) is 0 Å². The van der Waals surface area contributed by atoms with Gasteiger partial charge >= 0.3 is 12.2 Å². The van der Waals surface area contributed by atoms with Crippen molar-refractivity contribution in [2.45, 2.75) is 71.6 Å². The van der Waals surface area contributed by atoms with Gasteiger partial charge in [0.25, 0.3) is 0 Å². The number of nitrogens with one attached hydrogen (secondary N) is 4. The van der Waals surface area contributed by atoms with E-state index in [0.717, 1.165) is 57.5 Å². The van der Waals surface area contributed by atoms with Crippen molar-refractivity contribution in [3.05, 3.63) is 78.6 Å². The summed E-state index contributed by atoms with van der Waals surface area (Å²) in [5.41, 5.74) is 5.94. The summed E-state index contributed by atoms with van der Waals surface area (Å²) in [6.07, 6.45) is 3.77. The first-order valence-electron chi connectivity index (χ1n) is 20.9. The fraction of sp³-hybridized carbons (Fsp3) is 0.422. The van der Waals surface area contributed by atoms with E-state index in [9.17, 15) is 24.0 Å². The lowest BCUT2D eigenvalue weighted by Gasteiger charge is -2.42. The Kier molecular flexibility index (Phi) is 12.9. The highest BCUT2D eigenvalue weighted by Gasteiger charge is 2.40. The molecule has 2 aliphatic rings. The maximum atomic E-state index is 13.9. The van der Waals surface area contributed by atoms with Crippen molar-refractivity contribution < 1.29 is 33.4 Å². The van der Waals surface area contributed by atoms with Crippen molar-refractivity contribution in [2.75, 3.05) is 40.4 Å². The first kappa shape index (κ1) is 43.3. The number of amides is 5. The van der Waals surface area contributed by atoms with E-state index in [1.54, 1.807) is 27.1 Å². The summed E-state index contributed by atoms with van der Waals surface area (Å²) in [5.74, 6) is 0.380. The molecular weight excluding hydrogens is 793 g/mol. The Bertz CT molecular complexity index is 2440. The number of fused-ring (bicyclic) bond motifs is 1. The van der Waals surface area contributed by atoms with Crippen LogP contribution >= 0.6 is 0 Å². The van der Waals surface area contributed by atoms with Crippen LogP contribution in [0.4, 0.5) is 9.59 Å². The van der Waals surface area contributed by atoms with Gasteiger partial charge in [0.05, 0.1) is 55.3 Å². The van der Waals surface area contributed by atoms with E-state index < -0.39 is 30.3 Å². The van der Waals surface area contributed by atoms with Gasteiger partial charge in [-0.3, -0.25) is 14.4 Å². The molecule has 0 aliphatic carbocycles. The minimum Gasteiger partial charge on any atom is -0.453 e. The molecule has 0 radical (unpaired) electrons. The molecule has 2 aromatic carbocycles. The predicted molar refractivity (Wildman–Crippen MR) is 231 cm³/mol. The number of piperazine rings is 1. The number of alkyl carbamates (subject to hydrolysis) is 2. The molecule has 17 nitrogen and oxygen atoms in total. The lowest BCUT2D eigenvalue weighted by atomic mass is 10.0. The molecule has 62 heavy (non-hydrogen) atoms. The number of rotatable bonds is 11. The molecule has 5 amide bonds. The third-order valence-corrected chi connectivity index (χ3v) is 11.7. The van der Waals surface area contributed by atoms with Gasteiger partial charge in [-0.05, 0) is 48.4 Å². The van der Waals surface area contributed by atoms with E-state index >= 15 is 0 Å². The number of aromatic nitrogens is 5. The monoisotopic (exact) mass is 846 g/mol. The van der Waals surface area contributed by atoms with Gasteiger partial charge in [0.15, 0.2) is 0 Å². The number of imidazole rings is 2. The number of likely N-dealkylation sites (tertiary alicyclic amines) is 1. The van der Waals surface area contributed by atoms with Crippen molar-refractivity contribution in [3.8, 4) is 33.8 Å². The predicted octanol–water partition coefficient (Wildman–Crippen LogP) is 5.84. The molecule has 0 bridgehead atoms. The van der Waals surface area contributed by atoms with Crippen LogP contribution in [0.25, 0.3) is 44.7 Å². The van der Waals surface area contributed by atoms with Gasteiger partial charge in [-0.15, -0.1) is 0 Å². The summed E-state index contributed by atoms with van der Waals surface area (Å²) in [6.45, 7) is 10.5. The number of aromatic amines is 2. The van der Waals surface area contributed by atoms with Crippen LogP contribution in [0.2, 0.25) is 0 Å². The van der Waals surface area contributed by atoms with Crippen molar-refractivity contribution >= 4 is 40.8 Å². The molecule has 4 atom stereocenters. The van der Waals surface area contributed by atoms with Gasteiger partial charge in [0.2, 0.25) is 17.7 Å². The zero-order valence-corrected chi connectivity index (χ0v) is 36.1. The van der Waals surface area contributed by atoms with Crippen LogP contribution in [0.3, 0.4) is 0 Å². The van der Waals surface area contributed by atoms with E-state index in [1.807, 2.05) is 76.2 Å². The molecule has 4 N–H and O–H groups in total. The number of methoxy groups -OCH3 is 2. The smallest absolute Gasteiger partial charge is 0.407 e. The second-order valence-electron chi connectivity index (χ2n) is 16.5. The number of ether oxygens (including phenoxy) is 2. The molecule has 2 saturated heterocycles. The van der Waals surface area contributed by atoms with Crippen molar-refractivity contribution in [1.82, 2.24) is 50.3 Å². The SMILES string of the molecule is COC(=O)NC(C(=O)N1CCCC1c1ncc(-c2ccc3nc(-c4ccc(-c5cnc(C6CN(C(C)=O)CCN6C(=O)C(NC(=O)OC)C(C)C)[nH]5)cc4)ccc3c2)[nH]1)C(C)C. The maximum absolute atomic E-state index is 13.9. The van der Waals surface area contributed by atoms with Gasteiger partial charge in [0.1, 0.15) is 29.8 Å². The molecule has 0 saturated carbocycles. The number of pyridine rings is 1. The minimum absolute atomic E-state index is 0.0947. The maximum Gasteiger partial charge on any atom is 0.407 e. The lowest BCUT2D eigenvalue weighted by molar-refractivity contribution is -0.144. The number of benzene rings is 2. The van der Waals surface area contributed by atoms with Crippen molar-refractivity contribution in [2.24, 2.45) is 11.8 Å². The van der Waals surface area contributed by atoms with E-state index in [4.69, 9.17) is 14.5 Å². The lowest BCUT2D eigenvalue weighted by Crippen LogP contribution is -2.58. The number of carbonyl (C=O) groups is 5. The third-order valence-electron chi connectivity index (χ3n) is 11.7. The summed E-state index contributed by atoms with van der Waals surface area (Å²) in [5, 5.41) is 6.31. The van der Waals surface area contributed by atoms with E-state index in [0.29, 0.717) is 24.7 Å². The molecule has 326 valence electrons. The van der Waals surface area contributed by atoms with E-state index in [1.165, 1.54) is 21.1 Å². The Morgan fingerprint density at radius 2 is 1.24 bits per heavy atom. The van der Waals surface area contributed by atoms with Crippen LogP contribution in [-0.4, -0.2) is 122 Å². The number of carbonyl (C=O) groups excluding carboxylic acids is 5. The molecule has 5 heterocycles. The topological polar surface area (TPSA) is 208 Å². The Labute approximate surface area is 360 Å². The molecule has 5 aromatic rings. The summed E-state index contributed by atoms with van der Waals surface area (Å²) >= 11 is 0. The highest BCUT2D eigenvalue weighted by Crippen LogP contribution is 2.34. The number of nitrogens with zero attached hydrogens (tertiary/aromatic N) is 6. The van der Waals surface area contributed by atoms with Gasteiger partial charge in [-0.25, -0.2) is 24.5 Å².